The van der Waals surface area contributed by atoms with E-state index >= 15 is 0 Å². The smallest absolute Gasteiger partial charge is 0.273 e. The molecule has 0 aliphatic heterocycles. The van der Waals surface area contributed by atoms with Gasteiger partial charge in [-0.15, -0.1) is 0 Å². The lowest BCUT2D eigenvalue weighted by Gasteiger charge is -2.05. The Morgan fingerprint density at radius 1 is 1.29 bits per heavy atom. The number of hydrogen-bond donors (Lipinski definition) is 1. The maximum Gasteiger partial charge on any atom is 0.273 e. The van der Waals surface area contributed by atoms with Crippen LogP contribution in [0.5, 0.6) is 0 Å². The fourth-order valence-corrected chi connectivity index (χ4v) is 2.02. The molecule has 5 nitrogen and oxygen atoms in total. The molecule has 0 saturated heterocycles. The summed E-state index contributed by atoms with van der Waals surface area (Å²) in [6, 6.07) is 13.0. The first kappa shape index (κ1) is 13.1. The SMILES string of the molecule is Cc1nc2ccccc2cc1C(=O)N/N=C/c1ccco1. The van der Waals surface area contributed by atoms with Crippen molar-refractivity contribution in [2.75, 3.05) is 0 Å². The first-order valence-electron chi connectivity index (χ1n) is 6.47. The van der Waals surface area contributed by atoms with E-state index in [1.165, 1.54) is 6.21 Å². The van der Waals surface area contributed by atoms with Crippen LogP contribution in [0.1, 0.15) is 21.8 Å². The number of rotatable bonds is 3. The number of para-hydroxylation sites is 1. The van der Waals surface area contributed by atoms with E-state index in [-0.39, 0.29) is 5.91 Å². The van der Waals surface area contributed by atoms with Crippen LogP contribution in [-0.2, 0) is 0 Å². The zero-order valence-corrected chi connectivity index (χ0v) is 11.4. The molecule has 5 heteroatoms. The van der Waals surface area contributed by atoms with Crippen LogP contribution in [0, 0.1) is 6.92 Å². The quantitative estimate of drug-likeness (QED) is 0.592. The van der Waals surface area contributed by atoms with Gasteiger partial charge in [-0.3, -0.25) is 9.78 Å². The molecule has 1 amide bonds. The number of carbonyl (C=O) groups excluding carboxylic acids is 1. The van der Waals surface area contributed by atoms with E-state index in [0.717, 1.165) is 10.9 Å². The maximum atomic E-state index is 12.1. The molecule has 0 aliphatic rings. The number of nitrogens with zero attached hydrogens (tertiary/aromatic N) is 2. The molecule has 0 spiro atoms. The van der Waals surface area contributed by atoms with Crippen molar-refractivity contribution in [1.82, 2.24) is 10.4 Å². The molecule has 0 fully saturated rings. The molecule has 3 rings (SSSR count). The highest BCUT2D eigenvalue weighted by molar-refractivity contribution is 5.98. The third kappa shape index (κ3) is 2.81. The number of fused-ring (bicyclic) bond motifs is 1. The van der Waals surface area contributed by atoms with Crippen LogP contribution >= 0.6 is 0 Å². The molecule has 1 N–H and O–H groups in total. The van der Waals surface area contributed by atoms with Gasteiger partial charge in [-0.2, -0.15) is 5.10 Å². The number of benzene rings is 1. The summed E-state index contributed by atoms with van der Waals surface area (Å²) in [5, 5.41) is 4.78. The molecule has 0 atom stereocenters. The van der Waals surface area contributed by atoms with Crippen molar-refractivity contribution < 1.29 is 9.21 Å². The summed E-state index contributed by atoms with van der Waals surface area (Å²) >= 11 is 0. The molecular weight excluding hydrogens is 266 g/mol. The Morgan fingerprint density at radius 3 is 2.95 bits per heavy atom. The Labute approximate surface area is 121 Å². The van der Waals surface area contributed by atoms with E-state index in [1.54, 1.807) is 25.3 Å². The predicted molar refractivity (Wildman–Crippen MR) is 80.2 cm³/mol. The van der Waals surface area contributed by atoms with Gasteiger partial charge < -0.3 is 4.42 Å². The third-order valence-corrected chi connectivity index (χ3v) is 3.06. The second-order valence-electron chi connectivity index (χ2n) is 4.53. The topological polar surface area (TPSA) is 67.5 Å². The molecule has 104 valence electrons. The first-order valence-corrected chi connectivity index (χ1v) is 6.47. The minimum Gasteiger partial charge on any atom is -0.463 e. The molecule has 0 radical (unpaired) electrons. The molecule has 0 unspecified atom stereocenters. The summed E-state index contributed by atoms with van der Waals surface area (Å²) in [6.07, 6.45) is 2.99. The van der Waals surface area contributed by atoms with Crippen LogP contribution in [-0.4, -0.2) is 17.1 Å². The normalized spacial score (nSPS) is 11.1. The van der Waals surface area contributed by atoms with Crippen molar-refractivity contribution >= 4 is 23.0 Å². The van der Waals surface area contributed by atoms with E-state index in [1.807, 2.05) is 30.3 Å². The molecule has 2 heterocycles. The molecule has 1 aromatic carbocycles. The van der Waals surface area contributed by atoms with Crippen LogP contribution in [0.15, 0.2) is 58.2 Å². The van der Waals surface area contributed by atoms with Gasteiger partial charge in [0.1, 0.15) is 5.76 Å². The Morgan fingerprint density at radius 2 is 2.14 bits per heavy atom. The number of pyridine rings is 1. The van der Waals surface area contributed by atoms with Gasteiger partial charge in [-0.05, 0) is 31.2 Å². The van der Waals surface area contributed by atoms with E-state index < -0.39 is 0 Å². The highest BCUT2D eigenvalue weighted by Crippen LogP contribution is 2.16. The number of aryl methyl sites for hydroxylation is 1. The fraction of sp³-hybridized carbons (Fsp3) is 0.0625. The minimum absolute atomic E-state index is 0.298. The molecule has 0 saturated carbocycles. The van der Waals surface area contributed by atoms with Crippen LogP contribution in [0.2, 0.25) is 0 Å². The van der Waals surface area contributed by atoms with Gasteiger partial charge in [0.15, 0.2) is 0 Å². The average Bonchev–Trinajstić information content (AvgIpc) is 2.99. The van der Waals surface area contributed by atoms with Crippen molar-refractivity contribution in [3.8, 4) is 0 Å². The number of hydrazone groups is 1. The van der Waals surface area contributed by atoms with Crippen molar-refractivity contribution in [2.24, 2.45) is 5.10 Å². The van der Waals surface area contributed by atoms with Gasteiger partial charge in [-0.1, -0.05) is 18.2 Å². The van der Waals surface area contributed by atoms with Gasteiger partial charge >= 0.3 is 0 Å². The Balaban J connectivity index is 1.82. The number of furan rings is 1. The second kappa shape index (κ2) is 5.58. The van der Waals surface area contributed by atoms with Gasteiger partial charge in [0.05, 0.1) is 29.3 Å². The monoisotopic (exact) mass is 279 g/mol. The highest BCUT2D eigenvalue weighted by Gasteiger charge is 2.10. The lowest BCUT2D eigenvalue weighted by atomic mass is 10.1. The van der Waals surface area contributed by atoms with E-state index in [2.05, 4.69) is 15.5 Å². The lowest BCUT2D eigenvalue weighted by molar-refractivity contribution is 0.0954. The molecular formula is C16H13N3O2. The molecule has 2 aromatic heterocycles. The van der Waals surface area contributed by atoms with Crippen molar-refractivity contribution in [3.63, 3.8) is 0 Å². The summed E-state index contributed by atoms with van der Waals surface area (Å²) in [5.41, 5.74) is 4.51. The Bertz CT molecular complexity index is 808. The van der Waals surface area contributed by atoms with Crippen molar-refractivity contribution in [3.05, 3.63) is 65.7 Å². The summed E-state index contributed by atoms with van der Waals surface area (Å²) in [6.45, 7) is 1.80. The van der Waals surface area contributed by atoms with Gasteiger partial charge in [0.2, 0.25) is 0 Å². The zero-order chi connectivity index (χ0) is 14.7. The Kier molecular flexibility index (Phi) is 3.47. The van der Waals surface area contributed by atoms with Crippen molar-refractivity contribution in [2.45, 2.75) is 6.92 Å². The van der Waals surface area contributed by atoms with E-state index in [4.69, 9.17) is 4.42 Å². The summed E-state index contributed by atoms with van der Waals surface area (Å²) in [4.78, 5) is 16.6. The summed E-state index contributed by atoms with van der Waals surface area (Å²) in [5.74, 6) is 0.275. The Hall–Kier alpha value is -2.95. The number of carbonyl (C=O) groups is 1. The molecule has 21 heavy (non-hydrogen) atoms. The number of amides is 1. The average molecular weight is 279 g/mol. The number of hydrogen-bond acceptors (Lipinski definition) is 4. The standard InChI is InChI=1S/C16H13N3O2/c1-11-14(9-12-5-2-3-7-15(12)18-11)16(20)19-17-10-13-6-4-8-21-13/h2-10H,1H3,(H,19,20)/b17-10+. The first-order chi connectivity index (χ1) is 10.2. The van der Waals surface area contributed by atoms with Gasteiger partial charge in [-0.25, -0.2) is 5.43 Å². The minimum atomic E-state index is -0.298. The van der Waals surface area contributed by atoms with E-state index in [0.29, 0.717) is 17.0 Å². The predicted octanol–water partition coefficient (Wildman–Crippen LogP) is 2.90. The van der Waals surface area contributed by atoms with E-state index in [9.17, 15) is 4.79 Å². The molecule has 0 bridgehead atoms. The third-order valence-electron chi connectivity index (χ3n) is 3.06. The maximum absolute atomic E-state index is 12.1. The molecule has 0 aliphatic carbocycles. The van der Waals surface area contributed by atoms with Crippen LogP contribution in [0.4, 0.5) is 0 Å². The van der Waals surface area contributed by atoms with Crippen LogP contribution in [0.25, 0.3) is 10.9 Å². The van der Waals surface area contributed by atoms with Crippen LogP contribution < -0.4 is 5.43 Å². The number of aromatic nitrogens is 1. The zero-order valence-electron chi connectivity index (χ0n) is 11.4. The number of nitrogens with one attached hydrogen (secondary N) is 1. The van der Waals surface area contributed by atoms with Crippen LogP contribution in [0.3, 0.4) is 0 Å². The highest BCUT2D eigenvalue weighted by atomic mass is 16.3. The largest absolute Gasteiger partial charge is 0.463 e. The molecule has 3 aromatic rings. The summed E-state index contributed by atoms with van der Waals surface area (Å²) < 4.78 is 5.09. The van der Waals surface area contributed by atoms with Crippen molar-refractivity contribution in [1.29, 1.82) is 0 Å². The van der Waals surface area contributed by atoms with Gasteiger partial charge in [0.25, 0.3) is 5.91 Å². The van der Waals surface area contributed by atoms with Gasteiger partial charge in [0, 0.05) is 5.39 Å². The lowest BCUT2D eigenvalue weighted by Crippen LogP contribution is -2.19. The fourth-order valence-electron chi connectivity index (χ4n) is 2.02. The summed E-state index contributed by atoms with van der Waals surface area (Å²) in [7, 11) is 0. The second-order valence-corrected chi connectivity index (χ2v) is 4.53.